The Bertz CT molecular complexity index is 585. The van der Waals surface area contributed by atoms with Gasteiger partial charge in [0, 0.05) is 19.7 Å². The molecule has 0 radical (unpaired) electrons. The number of benzene rings is 1. The molecule has 0 bridgehead atoms. The maximum absolute atomic E-state index is 12.5. The van der Waals surface area contributed by atoms with Gasteiger partial charge in [0.2, 0.25) is 0 Å². The number of guanidine groups is 1. The zero-order valence-corrected chi connectivity index (χ0v) is 18.0. The van der Waals surface area contributed by atoms with Crippen molar-refractivity contribution < 1.29 is 23.0 Å². The fourth-order valence-corrected chi connectivity index (χ4v) is 2.64. The first-order chi connectivity index (χ1) is 12.6. The summed E-state index contributed by atoms with van der Waals surface area (Å²) in [7, 11) is 0. The third-order valence-electron chi connectivity index (χ3n) is 3.81. The van der Waals surface area contributed by atoms with E-state index in [-0.39, 0.29) is 41.6 Å². The van der Waals surface area contributed by atoms with Crippen molar-refractivity contribution in [1.29, 1.82) is 0 Å². The van der Waals surface area contributed by atoms with Crippen LogP contribution >= 0.6 is 24.0 Å². The van der Waals surface area contributed by atoms with Gasteiger partial charge in [-0.15, -0.1) is 24.0 Å². The van der Waals surface area contributed by atoms with Crippen molar-refractivity contribution in [2.24, 2.45) is 4.99 Å². The molecular formula is C18H28F2IN3O3. The Hall–Kier alpha value is -1.36. The van der Waals surface area contributed by atoms with E-state index in [1.807, 2.05) is 6.92 Å². The molecule has 2 rings (SSSR count). The number of nitrogens with zero attached hydrogens (tertiary/aromatic N) is 1. The lowest BCUT2D eigenvalue weighted by atomic mass is 10.2. The Kier molecular flexibility index (Phi) is 11.3. The first-order valence-corrected chi connectivity index (χ1v) is 8.96. The molecule has 1 aromatic carbocycles. The molecule has 6 nitrogen and oxygen atoms in total. The fourth-order valence-electron chi connectivity index (χ4n) is 2.64. The Morgan fingerprint density at radius 1 is 1.30 bits per heavy atom. The summed E-state index contributed by atoms with van der Waals surface area (Å²) in [5, 5.41) is 6.45. The molecule has 1 heterocycles. The van der Waals surface area contributed by atoms with Gasteiger partial charge in [0.15, 0.2) is 17.5 Å². The van der Waals surface area contributed by atoms with Gasteiger partial charge in [-0.1, -0.05) is 6.07 Å². The molecule has 1 atom stereocenters. The third-order valence-corrected chi connectivity index (χ3v) is 3.81. The van der Waals surface area contributed by atoms with E-state index in [1.54, 1.807) is 19.1 Å². The number of hydrogen-bond acceptors (Lipinski definition) is 4. The van der Waals surface area contributed by atoms with Crippen molar-refractivity contribution in [2.45, 2.75) is 45.9 Å². The van der Waals surface area contributed by atoms with E-state index in [2.05, 4.69) is 20.4 Å². The van der Waals surface area contributed by atoms with Crippen LogP contribution in [0, 0.1) is 0 Å². The molecule has 1 fully saturated rings. The van der Waals surface area contributed by atoms with Crippen molar-refractivity contribution in [2.75, 3.05) is 26.3 Å². The van der Waals surface area contributed by atoms with Crippen molar-refractivity contribution in [3.05, 3.63) is 23.8 Å². The first kappa shape index (κ1) is 23.7. The summed E-state index contributed by atoms with van der Waals surface area (Å²) in [6.45, 7) is 3.89. The molecule has 2 N–H and O–H groups in total. The van der Waals surface area contributed by atoms with Gasteiger partial charge in [0.05, 0.1) is 19.3 Å². The van der Waals surface area contributed by atoms with Crippen LogP contribution in [0.4, 0.5) is 8.78 Å². The zero-order chi connectivity index (χ0) is 18.8. The summed E-state index contributed by atoms with van der Waals surface area (Å²) in [6.07, 6.45) is 2.36. The minimum absolute atomic E-state index is 0. The lowest BCUT2D eigenvalue weighted by molar-refractivity contribution is -0.0514. The average Bonchev–Trinajstić information content (AvgIpc) is 3.13. The molecule has 0 saturated carbocycles. The minimum Gasteiger partial charge on any atom is -0.490 e. The van der Waals surface area contributed by atoms with Crippen molar-refractivity contribution in [1.82, 2.24) is 10.6 Å². The summed E-state index contributed by atoms with van der Waals surface area (Å²) in [6, 6.07) is 4.86. The number of aliphatic imine (C=N–C) groups is 1. The van der Waals surface area contributed by atoms with Crippen LogP contribution in [0.5, 0.6) is 11.5 Å². The molecule has 0 amide bonds. The lowest BCUT2D eigenvalue weighted by Gasteiger charge is -2.15. The maximum atomic E-state index is 12.5. The molecular weight excluding hydrogens is 471 g/mol. The van der Waals surface area contributed by atoms with Crippen LogP contribution < -0.4 is 20.1 Å². The van der Waals surface area contributed by atoms with E-state index in [9.17, 15) is 8.78 Å². The monoisotopic (exact) mass is 499 g/mol. The van der Waals surface area contributed by atoms with Gasteiger partial charge in [0.1, 0.15) is 0 Å². The molecule has 0 aromatic heterocycles. The van der Waals surface area contributed by atoms with Gasteiger partial charge in [-0.25, -0.2) is 4.99 Å². The van der Waals surface area contributed by atoms with Gasteiger partial charge in [0.25, 0.3) is 0 Å². The highest BCUT2D eigenvalue weighted by Gasteiger charge is 2.15. The summed E-state index contributed by atoms with van der Waals surface area (Å²) in [5.41, 5.74) is 0.837. The third kappa shape index (κ3) is 8.46. The van der Waals surface area contributed by atoms with Crippen molar-refractivity contribution in [3.8, 4) is 11.5 Å². The quantitative estimate of drug-likeness (QED) is 0.309. The second-order valence-corrected chi connectivity index (χ2v) is 5.80. The number of hydrogen-bond donors (Lipinski definition) is 2. The largest absolute Gasteiger partial charge is 0.490 e. The summed E-state index contributed by atoms with van der Waals surface area (Å²) in [5.74, 6) is 1.00. The topological polar surface area (TPSA) is 64.1 Å². The van der Waals surface area contributed by atoms with Crippen molar-refractivity contribution >= 4 is 29.9 Å². The molecule has 27 heavy (non-hydrogen) atoms. The Labute approximate surface area is 176 Å². The van der Waals surface area contributed by atoms with Gasteiger partial charge < -0.3 is 24.8 Å². The normalized spacial score (nSPS) is 16.8. The second-order valence-electron chi connectivity index (χ2n) is 5.80. The van der Waals surface area contributed by atoms with E-state index < -0.39 is 6.61 Å². The minimum atomic E-state index is -2.89. The van der Waals surface area contributed by atoms with Crippen molar-refractivity contribution in [3.63, 3.8) is 0 Å². The molecule has 1 aliphatic heterocycles. The molecule has 1 saturated heterocycles. The number of nitrogens with one attached hydrogen (secondary N) is 2. The summed E-state index contributed by atoms with van der Waals surface area (Å²) < 4.78 is 40.4. The molecule has 0 spiro atoms. The second kappa shape index (κ2) is 12.9. The van der Waals surface area contributed by atoms with Gasteiger partial charge in [-0.05, 0) is 44.4 Å². The Morgan fingerprint density at radius 3 is 2.74 bits per heavy atom. The molecule has 1 aliphatic rings. The number of alkyl halides is 2. The Balaban J connectivity index is 0.00000364. The standard InChI is InChI=1S/C18H27F2N3O3.HI/c1-3-21-18(23-12-14-6-5-9-25-14)22-11-13-7-8-15(26-17(19)20)16(10-13)24-4-2;/h7-8,10,14,17H,3-6,9,11-12H2,1-2H3,(H2,21,22,23);1H. The van der Waals surface area contributed by atoms with E-state index >= 15 is 0 Å². The van der Waals surface area contributed by atoms with Crippen LogP contribution in [0.1, 0.15) is 32.3 Å². The average molecular weight is 499 g/mol. The molecule has 0 aliphatic carbocycles. The fraction of sp³-hybridized carbons (Fsp3) is 0.611. The predicted molar refractivity (Wildman–Crippen MR) is 111 cm³/mol. The highest BCUT2D eigenvalue weighted by atomic mass is 127. The Morgan fingerprint density at radius 2 is 2.11 bits per heavy atom. The van der Waals surface area contributed by atoms with E-state index in [4.69, 9.17) is 9.47 Å². The number of ether oxygens (including phenoxy) is 3. The van der Waals surface area contributed by atoms with E-state index in [1.165, 1.54) is 6.07 Å². The van der Waals surface area contributed by atoms with Crippen LogP contribution in [-0.2, 0) is 11.3 Å². The predicted octanol–water partition coefficient (Wildman–Crippen LogP) is 3.54. The summed E-state index contributed by atoms with van der Waals surface area (Å²) >= 11 is 0. The van der Waals surface area contributed by atoms with E-state index in [0.717, 1.165) is 31.6 Å². The number of rotatable bonds is 9. The smallest absolute Gasteiger partial charge is 0.387 e. The van der Waals surface area contributed by atoms with Crippen LogP contribution in [-0.4, -0.2) is 45.0 Å². The molecule has 1 unspecified atom stereocenters. The highest BCUT2D eigenvalue weighted by Crippen LogP contribution is 2.30. The van der Waals surface area contributed by atoms with E-state index in [0.29, 0.717) is 25.7 Å². The molecule has 1 aromatic rings. The van der Waals surface area contributed by atoms with Crippen LogP contribution in [0.25, 0.3) is 0 Å². The number of halogens is 3. The summed E-state index contributed by atoms with van der Waals surface area (Å²) in [4.78, 5) is 4.53. The SMILES string of the molecule is CCNC(=NCc1ccc(OC(F)F)c(OCC)c1)NCC1CCCO1.I. The molecule has 9 heteroatoms. The van der Waals surface area contributed by atoms with Crippen LogP contribution in [0.2, 0.25) is 0 Å². The maximum Gasteiger partial charge on any atom is 0.387 e. The zero-order valence-electron chi connectivity index (χ0n) is 15.7. The van der Waals surface area contributed by atoms with Gasteiger partial charge >= 0.3 is 6.61 Å². The van der Waals surface area contributed by atoms with Crippen LogP contribution in [0.3, 0.4) is 0 Å². The van der Waals surface area contributed by atoms with Gasteiger partial charge in [-0.2, -0.15) is 8.78 Å². The lowest BCUT2D eigenvalue weighted by Crippen LogP contribution is -2.41. The first-order valence-electron chi connectivity index (χ1n) is 8.96. The van der Waals surface area contributed by atoms with Gasteiger partial charge in [-0.3, -0.25) is 0 Å². The van der Waals surface area contributed by atoms with Crippen LogP contribution in [0.15, 0.2) is 23.2 Å². The highest BCUT2D eigenvalue weighted by molar-refractivity contribution is 14.0. The molecule has 154 valence electrons.